The van der Waals surface area contributed by atoms with Gasteiger partial charge in [-0.25, -0.2) is 9.78 Å². The summed E-state index contributed by atoms with van der Waals surface area (Å²) in [6.45, 7) is 4.04. The standard InChI is InChI=1S/C26H27ClN4O4S/c1-34-18-5-4-6-19-21(18)16-9-12-30(13-15(16)14-35-19)10-2-3-11-31-25(32)23-22(29-26(31)33)17-7-8-20(27)28-24(17)36-23/h4-8,15-16H,2-3,9-14H2,1H3,(H,29,33)/t15-,16+/m0/s1. The summed E-state index contributed by atoms with van der Waals surface area (Å²) in [5.41, 5.74) is 1.11. The normalized spacial score (nSPS) is 19.7. The average Bonchev–Trinajstić information content (AvgIpc) is 3.24. The quantitative estimate of drug-likeness (QED) is 0.298. The zero-order valence-corrected chi connectivity index (χ0v) is 21.5. The van der Waals surface area contributed by atoms with Crippen LogP contribution in [0.15, 0.2) is 39.9 Å². The number of thiophene rings is 1. The van der Waals surface area contributed by atoms with Crippen molar-refractivity contribution in [1.82, 2.24) is 19.4 Å². The highest BCUT2D eigenvalue weighted by molar-refractivity contribution is 7.25. The first kappa shape index (κ1) is 23.5. The zero-order chi connectivity index (χ0) is 24.8. The Morgan fingerprint density at radius 2 is 2.08 bits per heavy atom. The fourth-order valence-electron chi connectivity index (χ4n) is 5.68. The van der Waals surface area contributed by atoms with E-state index in [9.17, 15) is 9.59 Å². The Morgan fingerprint density at radius 1 is 1.22 bits per heavy atom. The molecule has 1 fully saturated rings. The first-order chi connectivity index (χ1) is 17.5. The minimum absolute atomic E-state index is 0.263. The summed E-state index contributed by atoms with van der Waals surface area (Å²) >= 11 is 7.26. The molecule has 0 saturated carbocycles. The van der Waals surface area contributed by atoms with E-state index >= 15 is 0 Å². The highest BCUT2D eigenvalue weighted by atomic mass is 35.5. The van der Waals surface area contributed by atoms with Gasteiger partial charge in [-0.1, -0.05) is 17.7 Å². The van der Waals surface area contributed by atoms with Crippen LogP contribution in [0.2, 0.25) is 5.15 Å². The average molecular weight is 527 g/mol. The largest absolute Gasteiger partial charge is 0.496 e. The molecule has 36 heavy (non-hydrogen) atoms. The molecular formula is C26H27ClN4O4S. The summed E-state index contributed by atoms with van der Waals surface area (Å²) < 4.78 is 13.5. The molecule has 0 unspecified atom stereocenters. The number of nitrogens with zero attached hydrogens (tertiary/aromatic N) is 3. The lowest BCUT2D eigenvalue weighted by Gasteiger charge is -2.42. The number of aromatic amines is 1. The molecule has 10 heteroatoms. The van der Waals surface area contributed by atoms with Crippen molar-refractivity contribution in [3.8, 4) is 11.5 Å². The Labute approximate surface area is 216 Å². The second-order valence-corrected chi connectivity index (χ2v) is 10.9. The maximum Gasteiger partial charge on any atom is 0.328 e. The van der Waals surface area contributed by atoms with Crippen molar-refractivity contribution < 1.29 is 9.47 Å². The van der Waals surface area contributed by atoms with Crippen molar-refractivity contribution in [3.05, 3.63) is 61.9 Å². The molecule has 0 bridgehead atoms. The van der Waals surface area contributed by atoms with Gasteiger partial charge in [-0.15, -0.1) is 11.3 Å². The van der Waals surface area contributed by atoms with Crippen LogP contribution in [-0.2, 0) is 6.54 Å². The third kappa shape index (κ3) is 4.09. The number of fused-ring (bicyclic) bond motifs is 6. The third-order valence-electron chi connectivity index (χ3n) is 7.43. The van der Waals surface area contributed by atoms with E-state index in [0.29, 0.717) is 38.6 Å². The number of nitrogens with one attached hydrogen (secondary N) is 1. The smallest absolute Gasteiger partial charge is 0.328 e. The van der Waals surface area contributed by atoms with Gasteiger partial charge in [0.25, 0.3) is 5.56 Å². The Hall–Kier alpha value is -2.88. The molecule has 1 N–H and O–H groups in total. The van der Waals surface area contributed by atoms with Crippen LogP contribution in [0.25, 0.3) is 20.4 Å². The first-order valence-electron chi connectivity index (χ1n) is 12.3. The monoisotopic (exact) mass is 526 g/mol. The van der Waals surface area contributed by atoms with E-state index < -0.39 is 0 Å². The molecule has 2 aliphatic rings. The minimum Gasteiger partial charge on any atom is -0.496 e. The van der Waals surface area contributed by atoms with Gasteiger partial charge in [0.15, 0.2) is 0 Å². The van der Waals surface area contributed by atoms with Crippen molar-refractivity contribution in [2.24, 2.45) is 5.92 Å². The predicted octanol–water partition coefficient (Wildman–Crippen LogP) is 4.24. The summed E-state index contributed by atoms with van der Waals surface area (Å²) in [5, 5.41) is 1.11. The molecule has 1 aromatic carbocycles. The molecular weight excluding hydrogens is 500 g/mol. The molecule has 188 valence electrons. The summed E-state index contributed by atoms with van der Waals surface area (Å²) in [6, 6.07) is 9.48. The van der Waals surface area contributed by atoms with Crippen LogP contribution >= 0.6 is 22.9 Å². The molecule has 2 aliphatic heterocycles. The van der Waals surface area contributed by atoms with E-state index in [1.54, 1.807) is 19.2 Å². The first-order valence-corrected chi connectivity index (χ1v) is 13.5. The second kappa shape index (κ2) is 9.53. The number of rotatable bonds is 6. The summed E-state index contributed by atoms with van der Waals surface area (Å²) in [7, 11) is 1.72. The van der Waals surface area contributed by atoms with Crippen LogP contribution in [0.1, 0.15) is 30.7 Å². The van der Waals surface area contributed by atoms with E-state index in [1.165, 1.54) is 21.5 Å². The van der Waals surface area contributed by atoms with Gasteiger partial charge in [-0.05, 0) is 62.5 Å². The van der Waals surface area contributed by atoms with Crippen LogP contribution in [0.5, 0.6) is 11.5 Å². The van der Waals surface area contributed by atoms with Crippen LogP contribution in [0.4, 0.5) is 0 Å². The summed E-state index contributed by atoms with van der Waals surface area (Å²) in [6.07, 6.45) is 2.73. The maximum atomic E-state index is 13.1. The van der Waals surface area contributed by atoms with Crippen molar-refractivity contribution in [3.63, 3.8) is 0 Å². The van der Waals surface area contributed by atoms with Crippen molar-refractivity contribution >= 4 is 43.4 Å². The number of aromatic nitrogens is 3. The van der Waals surface area contributed by atoms with E-state index in [0.717, 1.165) is 62.4 Å². The van der Waals surface area contributed by atoms with Crippen molar-refractivity contribution in [2.45, 2.75) is 31.7 Å². The molecule has 8 nitrogen and oxygen atoms in total. The van der Waals surface area contributed by atoms with E-state index in [-0.39, 0.29) is 11.2 Å². The van der Waals surface area contributed by atoms with Crippen molar-refractivity contribution in [2.75, 3.05) is 33.4 Å². The minimum atomic E-state index is -0.380. The van der Waals surface area contributed by atoms with Gasteiger partial charge in [-0.3, -0.25) is 9.36 Å². The molecule has 6 rings (SSSR count). The highest BCUT2D eigenvalue weighted by Crippen LogP contribution is 2.46. The lowest BCUT2D eigenvalue weighted by molar-refractivity contribution is 0.0902. The summed E-state index contributed by atoms with van der Waals surface area (Å²) in [5.74, 6) is 2.76. The van der Waals surface area contributed by atoms with Gasteiger partial charge in [0.1, 0.15) is 26.2 Å². The Bertz CT molecular complexity index is 1550. The molecule has 5 heterocycles. The summed E-state index contributed by atoms with van der Waals surface area (Å²) in [4.78, 5) is 36.1. The Balaban J connectivity index is 1.10. The third-order valence-corrected chi connectivity index (χ3v) is 8.73. The number of H-pyrrole nitrogens is 1. The van der Waals surface area contributed by atoms with Crippen molar-refractivity contribution in [1.29, 1.82) is 0 Å². The van der Waals surface area contributed by atoms with Gasteiger partial charge in [-0.2, -0.15) is 0 Å². The van der Waals surface area contributed by atoms with Gasteiger partial charge >= 0.3 is 5.69 Å². The van der Waals surface area contributed by atoms with Gasteiger partial charge < -0.3 is 19.4 Å². The molecule has 4 aromatic rings. The van der Waals surface area contributed by atoms with Gasteiger partial charge in [0, 0.05) is 30.0 Å². The molecule has 0 spiro atoms. The topological polar surface area (TPSA) is 89.5 Å². The van der Waals surface area contributed by atoms with Crippen LogP contribution in [0, 0.1) is 5.92 Å². The molecule has 2 atom stereocenters. The number of methoxy groups -OCH3 is 1. The number of pyridine rings is 1. The molecule has 3 aromatic heterocycles. The van der Waals surface area contributed by atoms with Crippen LogP contribution < -0.4 is 20.7 Å². The van der Waals surface area contributed by atoms with Crippen LogP contribution in [0.3, 0.4) is 0 Å². The van der Waals surface area contributed by atoms with Gasteiger partial charge in [0.05, 0.1) is 19.2 Å². The van der Waals surface area contributed by atoms with Gasteiger partial charge in [0.2, 0.25) is 0 Å². The number of halogens is 1. The fraction of sp³-hybridized carbons (Fsp3) is 0.423. The zero-order valence-electron chi connectivity index (χ0n) is 20.0. The SMILES string of the molecule is COc1cccc2c1[C@@H]1CCN(CCCCn3c(=O)[nH]c4c(sc5nc(Cl)ccc54)c3=O)C[C@H]1CO2. The molecule has 1 saturated heterocycles. The number of ether oxygens (including phenoxy) is 2. The second-order valence-electron chi connectivity index (χ2n) is 9.53. The lowest BCUT2D eigenvalue weighted by atomic mass is 9.78. The van der Waals surface area contributed by atoms with E-state index in [2.05, 4.69) is 14.9 Å². The number of piperidine rings is 1. The maximum absolute atomic E-state index is 13.1. The molecule has 0 radical (unpaired) electrons. The highest BCUT2D eigenvalue weighted by Gasteiger charge is 2.37. The van der Waals surface area contributed by atoms with E-state index in [1.807, 2.05) is 18.2 Å². The molecule has 0 amide bonds. The number of hydrogen-bond acceptors (Lipinski definition) is 7. The number of benzene rings is 1. The predicted molar refractivity (Wildman–Crippen MR) is 142 cm³/mol. The Kier molecular flexibility index (Phi) is 6.23. The fourth-order valence-corrected chi connectivity index (χ4v) is 6.95. The number of hydrogen-bond donors (Lipinski definition) is 1. The number of unbranched alkanes of at least 4 members (excludes halogenated alkanes) is 1. The van der Waals surface area contributed by atoms with E-state index in [4.69, 9.17) is 21.1 Å². The lowest BCUT2D eigenvalue weighted by Crippen LogP contribution is -2.44. The Morgan fingerprint density at radius 3 is 2.94 bits per heavy atom. The molecule has 0 aliphatic carbocycles. The van der Waals surface area contributed by atoms with Crippen LogP contribution in [-0.4, -0.2) is 52.8 Å². The number of likely N-dealkylation sites (tertiary alicyclic amines) is 1.